The average Bonchev–Trinajstić information content (AvgIpc) is 2.33. The summed E-state index contributed by atoms with van der Waals surface area (Å²) in [5, 5.41) is 3.23. The summed E-state index contributed by atoms with van der Waals surface area (Å²) < 4.78 is 4.60. The van der Waals surface area contributed by atoms with E-state index in [-0.39, 0.29) is 5.69 Å². The van der Waals surface area contributed by atoms with Crippen molar-refractivity contribution in [3.05, 3.63) is 18.1 Å². The molecule has 0 amide bonds. The minimum absolute atomic E-state index is 0.233. The maximum absolute atomic E-state index is 11.3. The highest BCUT2D eigenvalue weighted by Crippen LogP contribution is 2.39. The SMILES string of the molecule is COC(=O)c1cncc(NCC2(C)CCC2)n1. The first-order valence-electron chi connectivity index (χ1n) is 5.77. The molecule has 1 N–H and O–H groups in total. The fraction of sp³-hybridized carbons (Fsp3) is 0.583. The van der Waals surface area contributed by atoms with Gasteiger partial charge in [0.25, 0.3) is 0 Å². The number of hydrogen-bond acceptors (Lipinski definition) is 5. The number of hydrogen-bond donors (Lipinski definition) is 1. The standard InChI is InChI=1S/C12H17N3O2/c1-12(4-3-5-12)8-14-10-7-13-6-9(15-10)11(16)17-2/h6-7H,3-5,8H2,1-2H3,(H,14,15). The molecule has 2 rings (SSSR count). The summed E-state index contributed by atoms with van der Waals surface area (Å²) in [4.78, 5) is 19.4. The van der Waals surface area contributed by atoms with Crippen LogP contribution in [0.25, 0.3) is 0 Å². The first kappa shape index (κ1) is 11.8. The van der Waals surface area contributed by atoms with Crippen LogP contribution in [0, 0.1) is 5.41 Å². The van der Waals surface area contributed by atoms with Crippen LogP contribution in [0.5, 0.6) is 0 Å². The van der Waals surface area contributed by atoms with Crippen LogP contribution in [0.2, 0.25) is 0 Å². The third-order valence-electron chi connectivity index (χ3n) is 3.29. The van der Waals surface area contributed by atoms with Crippen LogP contribution in [-0.4, -0.2) is 29.6 Å². The molecule has 0 aromatic carbocycles. The van der Waals surface area contributed by atoms with Gasteiger partial charge in [-0.05, 0) is 18.3 Å². The van der Waals surface area contributed by atoms with Gasteiger partial charge in [-0.2, -0.15) is 0 Å². The Kier molecular flexibility index (Phi) is 3.26. The van der Waals surface area contributed by atoms with Gasteiger partial charge in [0, 0.05) is 6.54 Å². The smallest absolute Gasteiger partial charge is 0.358 e. The highest BCUT2D eigenvalue weighted by atomic mass is 16.5. The van der Waals surface area contributed by atoms with Gasteiger partial charge >= 0.3 is 5.97 Å². The lowest BCUT2D eigenvalue weighted by atomic mass is 9.70. The maximum atomic E-state index is 11.3. The summed E-state index contributed by atoms with van der Waals surface area (Å²) in [6.45, 7) is 3.12. The van der Waals surface area contributed by atoms with Crippen molar-refractivity contribution >= 4 is 11.8 Å². The van der Waals surface area contributed by atoms with Gasteiger partial charge in [-0.3, -0.25) is 4.98 Å². The lowest BCUT2D eigenvalue weighted by molar-refractivity contribution is 0.0593. The largest absolute Gasteiger partial charge is 0.464 e. The Bertz CT molecular complexity index is 416. The molecular weight excluding hydrogens is 218 g/mol. The van der Waals surface area contributed by atoms with Gasteiger partial charge in [-0.25, -0.2) is 9.78 Å². The average molecular weight is 235 g/mol. The number of anilines is 1. The van der Waals surface area contributed by atoms with Crippen molar-refractivity contribution in [2.75, 3.05) is 19.0 Å². The molecule has 1 fully saturated rings. The van der Waals surface area contributed by atoms with Gasteiger partial charge in [0.2, 0.25) is 0 Å². The molecule has 1 aromatic rings. The van der Waals surface area contributed by atoms with Gasteiger partial charge in [-0.1, -0.05) is 13.3 Å². The maximum Gasteiger partial charge on any atom is 0.358 e. The highest BCUT2D eigenvalue weighted by molar-refractivity contribution is 5.87. The summed E-state index contributed by atoms with van der Waals surface area (Å²) in [6.07, 6.45) is 6.80. The number of aromatic nitrogens is 2. The summed E-state index contributed by atoms with van der Waals surface area (Å²) >= 11 is 0. The fourth-order valence-electron chi connectivity index (χ4n) is 1.92. The zero-order chi connectivity index (χ0) is 12.3. The highest BCUT2D eigenvalue weighted by Gasteiger charge is 2.31. The van der Waals surface area contributed by atoms with Gasteiger partial charge < -0.3 is 10.1 Å². The van der Waals surface area contributed by atoms with Crippen molar-refractivity contribution in [2.24, 2.45) is 5.41 Å². The van der Waals surface area contributed by atoms with Gasteiger partial charge in [-0.15, -0.1) is 0 Å². The molecule has 17 heavy (non-hydrogen) atoms. The van der Waals surface area contributed by atoms with Crippen LogP contribution in [0.3, 0.4) is 0 Å². The van der Waals surface area contributed by atoms with Gasteiger partial charge in [0.15, 0.2) is 5.69 Å². The van der Waals surface area contributed by atoms with Crippen molar-refractivity contribution in [3.8, 4) is 0 Å². The Labute approximate surface area is 101 Å². The summed E-state index contributed by atoms with van der Waals surface area (Å²) in [7, 11) is 1.33. The second-order valence-electron chi connectivity index (χ2n) is 4.80. The Hall–Kier alpha value is -1.65. The monoisotopic (exact) mass is 235 g/mol. The van der Waals surface area contributed by atoms with E-state index in [1.54, 1.807) is 6.20 Å². The number of ether oxygens (including phenoxy) is 1. The third-order valence-corrected chi connectivity index (χ3v) is 3.29. The lowest BCUT2D eigenvalue weighted by Crippen LogP contribution is -2.33. The number of methoxy groups -OCH3 is 1. The number of nitrogens with zero attached hydrogens (tertiary/aromatic N) is 2. The summed E-state index contributed by atoms with van der Waals surface area (Å²) in [5.41, 5.74) is 0.597. The Balaban J connectivity index is 1.98. The summed E-state index contributed by atoms with van der Waals surface area (Å²) in [5.74, 6) is 0.164. The first-order chi connectivity index (χ1) is 8.13. The molecule has 0 radical (unpaired) electrons. The molecule has 1 aliphatic rings. The van der Waals surface area contributed by atoms with E-state index in [0.717, 1.165) is 6.54 Å². The molecule has 0 aliphatic heterocycles. The molecular formula is C12H17N3O2. The molecule has 1 saturated carbocycles. The molecule has 1 aromatic heterocycles. The number of esters is 1. The minimum atomic E-state index is -0.462. The van der Waals surface area contributed by atoms with E-state index in [1.165, 1.54) is 32.6 Å². The molecule has 0 unspecified atom stereocenters. The van der Waals surface area contributed by atoms with E-state index in [9.17, 15) is 4.79 Å². The van der Waals surface area contributed by atoms with Crippen molar-refractivity contribution < 1.29 is 9.53 Å². The van der Waals surface area contributed by atoms with E-state index in [2.05, 4.69) is 26.9 Å². The predicted molar refractivity (Wildman–Crippen MR) is 63.8 cm³/mol. The number of rotatable bonds is 4. The van der Waals surface area contributed by atoms with Gasteiger partial charge in [0.1, 0.15) is 5.82 Å². The van der Waals surface area contributed by atoms with E-state index >= 15 is 0 Å². The molecule has 0 atom stereocenters. The normalized spacial score (nSPS) is 17.1. The number of carbonyl (C=O) groups excluding carboxylic acids is 1. The molecule has 5 heteroatoms. The molecule has 0 spiro atoms. The minimum Gasteiger partial charge on any atom is -0.464 e. The van der Waals surface area contributed by atoms with Crippen molar-refractivity contribution in [2.45, 2.75) is 26.2 Å². The van der Waals surface area contributed by atoms with Gasteiger partial charge in [0.05, 0.1) is 19.5 Å². The van der Waals surface area contributed by atoms with E-state index in [1.807, 2.05) is 0 Å². The van der Waals surface area contributed by atoms with Crippen LogP contribution in [-0.2, 0) is 4.74 Å². The third kappa shape index (κ3) is 2.72. The van der Waals surface area contributed by atoms with Crippen LogP contribution >= 0.6 is 0 Å². The Morgan fingerprint density at radius 1 is 1.53 bits per heavy atom. The Morgan fingerprint density at radius 2 is 2.29 bits per heavy atom. The number of nitrogens with one attached hydrogen (secondary N) is 1. The van der Waals surface area contributed by atoms with E-state index in [0.29, 0.717) is 11.2 Å². The topological polar surface area (TPSA) is 64.1 Å². The zero-order valence-corrected chi connectivity index (χ0v) is 10.2. The second kappa shape index (κ2) is 4.69. The van der Waals surface area contributed by atoms with Crippen LogP contribution < -0.4 is 5.32 Å². The summed E-state index contributed by atoms with van der Waals surface area (Å²) in [6, 6.07) is 0. The van der Waals surface area contributed by atoms with Crippen molar-refractivity contribution in [1.82, 2.24) is 9.97 Å². The van der Waals surface area contributed by atoms with Crippen molar-refractivity contribution in [3.63, 3.8) is 0 Å². The first-order valence-corrected chi connectivity index (χ1v) is 5.77. The fourth-order valence-corrected chi connectivity index (χ4v) is 1.92. The zero-order valence-electron chi connectivity index (χ0n) is 10.2. The van der Waals surface area contributed by atoms with Crippen LogP contribution in [0.1, 0.15) is 36.7 Å². The second-order valence-corrected chi connectivity index (χ2v) is 4.80. The molecule has 0 bridgehead atoms. The number of carbonyl (C=O) groups is 1. The molecule has 5 nitrogen and oxygen atoms in total. The molecule has 1 heterocycles. The quantitative estimate of drug-likeness (QED) is 0.807. The van der Waals surface area contributed by atoms with E-state index in [4.69, 9.17) is 0 Å². The van der Waals surface area contributed by atoms with Crippen LogP contribution in [0.15, 0.2) is 12.4 Å². The van der Waals surface area contributed by atoms with E-state index < -0.39 is 5.97 Å². The van der Waals surface area contributed by atoms with Crippen molar-refractivity contribution in [1.29, 1.82) is 0 Å². The predicted octanol–water partition coefficient (Wildman–Crippen LogP) is 1.87. The molecule has 92 valence electrons. The Morgan fingerprint density at radius 3 is 2.88 bits per heavy atom. The molecule has 1 aliphatic carbocycles. The van der Waals surface area contributed by atoms with Crippen LogP contribution in [0.4, 0.5) is 5.82 Å². The molecule has 0 saturated heterocycles. The lowest BCUT2D eigenvalue weighted by Gasteiger charge is -2.38.